The van der Waals surface area contributed by atoms with Crippen LogP contribution >= 0.6 is 35.7 Å². The van der Waals surface area contributed by atoms with E-state index in [0.29, 0.717) is 3.53 Å². The summed E-state index contributed by atoms with van der Waals surface area (Å²) in [5.41, 5.74) is 0. The predicted octanol–water partition coefficient (Wildman–Crippen LogP) is 3.09. The summed E-state index contributed by atoms with van der Waals surface area (Å²) < 4.78 is 5.23. The summed E-state index contributed by atoms with van der Waals surface area (Å²) in [5, 5.41) is 0. The molecule has 27 heavy (non-hydrogen) atoms. The van der Waals surface area contributed by atoms with Gasteiger partial charge in [-0.3, -0.25) is 19.3 Å². The molecule has 2 aliphatic carbocycles. The normalized spacial score (nSPS) is 28.7. The van der Waals surface area contributed by atoms with E-state index in [1.165, 1.54) is 28.4 Å². The average molecular weight is 427 g/mol. The van der Waals surface area contributed by atoms with Gasteiger partial charge in [0.05, 0.1) is 31.7 Å². The fourth-order valence-corrected chi connectivity index (χ4v) is 6.88. The monoisotopic (exact) mass is 426 g/mol. The lowest BCUT2D eigenvalue weighted by Gasteiger charge is -2.23. The van der Waals surface area contributed by atoms with Crippen molar-refractivity contribution in [2.45, 2.75) is 31.4 Å². The molecule has 0 N–H and O–H groups in total. The number of allylic oxidation sites excluding steroid dienone is 2. The van der Waals surface area contributed by atoms with Crippen LogP contribution in [0.1, 0.15) is 26.7 Å². The molecule has 2 amide bonds. The van der Waals surface area contributed by atoms with Gasteiger partial charge < -0.3 is 4.74 Å². The summed E-state index contributed by atoms with van der Waals surface area (Å²) in [6.07, 6.45) is 5.81. The fourth-order valence-electron chi connectivity index (χ4n) is 4.02. The van der Waals surface area contributed by atoms with E-state index < -0.39 is 10.7 Å². The second kappa shape index (κ2) is 8.17. The number of imide groups is 1. The summed E-state index contributed by atoms with van der Waals surface area (Å²) in [7, 11) is 0. The Morgan fingerprint density at radius 2 is 1.89 bits per heavy atom. The van der Waals surface area contributed by atoms with E-state index >= 15 is 0 Å². The molecule has 2 fully saturated rings. The molecular formula is C19H24NO4S3+. The highest BCUT2D eigenvalue weighted by Crippen LogP contribution is 2.52. The molecule has 1 aliphatic heterocycles. The Labute approximate surface area is 174 Å². The molecule has 8 heteroatoms. The molecule has 0 radical (unpaired) electrons. The molecule has 3 rings (SSSR count). The van der Waals surface area contributed by atoms with E-state index in [-0.39, 0.29) is 48.6 Å². The smallest absolute Gasteiger partial charge is 0.322 e. The minimum Gasteiger partial charge on any atom is -0.463 e. The molecule has 1 heterocycles. The van der Waals surface area contributed by atoms with Crippen molar-refractivity contribution < 1.29 is 19.1 Å². The van der Waals surface area contributed by atoms with Crippen molar-refractivity contribution >= 4 is 57.1 Å². The number of thiocarbonyl (C=S) groups is 1. The first-order valence-corrected chi connectivity index (χ1v) is 11.3. The number of likely N-dealkylation sites (tertiary alicyclic amines) is 1. The van der Waals surface area contributed by atoms with Crippen molar-refractivity contribution in [2.75, 3.05) is 18.9 Å². The van der Waals surface area contributed by atoms with Crippen LogP contribution in [0.25, 0.3) is 0 Å². The van der Waals surface area contributed by atoms with Gasteiger partial charge in [-0.25, -0.2) is 0 Å². The molecule has 0 aromatic carbocycles. The maximum Gasteiger partial charge on any atom is 0.322 e. The fraction of sp³-hybridized carbons (Fsp3) is 0.632. The first-order valence-electron chi connectivity index (χ1n) is 9.12. The number of carbonyl (C=O) groups excluding carboxylic acids is 3. The third-order valence-electron chi connectivity index (χ3n) is 5.30. The summed E-state index contributed by atoms with van der Waals surface area (Å²) in [6, 6.07) is 0. The molecule has 1 saturated heterocycles. The summed E-state index contributed by atoms with van der Waals surface area (Å²) in [6.45, 7) is 7.43. The Morgan fingerprint density at radius 1 is 1.30 bits per heavy atom. The van der Waals surface area contributed by atoms with Gasteiger partial charge in [0.2, 0.25) is 11.8 Å². The van der Waals surface area contributed by atoms with Crippen LogP contribution in [0.5, 0.6) is 0 Å². The first kappa shape index (κ1) is 20.7. The zero-order chi connectivity index (χ0) is 19.8. The van der Waals surface area contributed by atoms with Crippen LogP contribution in [0.15, 0.2) is 12.2 Å². The van der Waals surface area contributed by atoms with Crippen molar-refractivity contribution in [3.05, 3.63) is 19.1 Å². The van der Waals surface area contributed by atoms with Gasteiger partial charge in [-0.15, -0.1) is 11.8 Å². The van der Waals surface area contributed by atoms with Gasteiger partial charge >= 0.3 is 5.97 Å². The lowest BCUT2D eigenvalue weighted by atomic mass is 9.85. The van der Waals surface area contributed by atoms with E-state index in [9.17, 15) is 14.4 Å². The van der Waals surface area contributed by atoms with Crippen LogP contribution in [0.4, 0.5) is 0 Å². The van der Waals surface area contributed by atoms with Crippen molar-refractivity contribution in [3.63, 3.8) is 0 Å². The third-order valence-corrected chi connectivity index (χ3v) is 8.08. The van der Waals surface area contributed by atoms with Crippen molar-refractivity contribution in [1.29, 1.82) is 0 Å². The molecular weight excluding hydrogens is 402 g/mol. The maximum atomic E-state index is 12.6. The third kappa shape index (κ3) is 4.07. The number of amides is 2. The molecule has 4 atom stereocenters. The van der Waals surface area contributed by atoms with E-state index in [1.54, 1.807) is 13.8 Å². The predicted molar refractivity (Wildman–Crippen MR) is 112 cm³/mol. The second-order valence-electron chi connectivity index (χ2n) is 7.53. The van der Waals surface area contributed by atoms with E-state index in [1.807, 2.05) is 0 Å². The minimum absolute atomic E-state index is 0.0152. The Morgan fingerprint density at radius 3 is 2.44 bits per heavy atom. The van der Waals surface area contributed by atoms with Crippen LogP contribution in [0.3, 0.4) is 0 Å². The number of hydrogen-bond acceptors (Lipinski definition) is 7. The Bertz CT molecular complexity index is 660. The second-order valence-corrected chi connectivity index (χ2v) is 11.4. The van der Waals surface area contributed by atoms with Crippen LogP contribution in [-0.4, -0.2) is 49.9 Å². The molecule has 0 aromatic rings. The quantitative estimate of drug-likeness (QED) is 0.204. The largest absolute Gasteiger partial charge is 0.463 e. The highest BCUT2D eigenvalue weighted by Gasteiger charge is 2.59. The highest BCUT2D eigenvalue weighted by molar-refractivity contribution is 8.47. The minimum atomic E-state index is -0.816. The highest BCUT2D eigenvalue weighted by atomic mass is 32.2. The van der Waals surface area contributed by atoms with Gasteiger partial charge in [-0.05, 0) is 32.1 Å². The van der Waals surface area contributed by atoms with E-state index in [2.05, 4.69) is 19.1 Å². The zero-order valence-corrected chi connectivity index (χ0v) is 18.0. The van der Waals surface area contributed by atoms with E-state index in [4.69, 9.17) is 17.0 Å². The Kier molecular flexibility index (Phi) is 6.27. The number of hydrogen-bond donors (Lipinski definition) is 0. The number of ether oxygens (including phenoxy) is 1. The van der Waals surface area contributed by atoms with Gasteiger partial charge in [-0.1, -0.05) is 36.1 Å². The number of thioether (sulfide) groups is 2. The van der Waals surface area contributed by atoms with Crippen LogP contribution < -0.4 is 0 Å². The summed E-state index contributed by atoms with van der Waals surface area (Å²) in [5.74, 6) is 0.151. The molecule has 1 saturated carbocycles. The number of esters is 1. The number of carbonyl (C=O) groups is 3. The van der Waals surface area contributed by atoms with Crippen molar-refractivity contribution in [2.24, 2.45) is 23.7 Å². The van der Waals surface area contributed by atoms with Crippen LogP contribution in [-0.2, 0) is 19.1 Å². The summed E-state index contributed by atoms with van der Waals surface area (Å²) >= 11 is 8.07. The topological polar surface area (TPSA) is 63.7 Å². The number of rotatable bonds is 7. The van der Waals surface area contributed by atoms with Crippen LogP contribution in [0.2, 0.25) is 0 Å². The Balaban J connectivity index is 1.48. The molecule has 2 bridgehead atoms. The SMILES string of the molecule is [CH2+]CCSC(=S)SC(C)(C)C(=O)OCCN1C(=O)[C@@H]2C3C=CC(C3)[C@@H]2C1=O. The van der Waals surface area contributed by atoms with Gasteiger partial charge in [0, 0.05) is 5.75 Å². The lowest BCUT2D eigenvalue weighted by molar-refractivity contribution is -0.150. The molecule has 5 nitrogen and oxygen atoms in total. The van der Waals surface area contributed by atoms with Crippen molar-refractivity contribution in [3.8, 4) is 0 Å². The lowest BCUT2D eigenvalue weighted by Crippen LogP contribution is -2.38. The zero-order valence-electron chi connectivity index (χ0n) is 15.5. The van der Waals surface area contributed by atoms with Gasteiger partial charge in [0.1, 0.15) is 14.9 Å². The molecule has 2 unspecified atom stereocenters. The first-order chi connectivity index (χ1) is 12.8. The number of fused-ring (bicyclic) bond motifs is 5. The van der Waals surface area contributed by atoms with Gasteiger partial charge in [0.25, 0.3) is 0 Å². The van der Waals surface area contributed by atoms with Gasteiger partial charge in [-0.2, -0.15) is 0 Å². The average Bonchev–Trinajstić information content (AvgIpc) is 3.28. The maximum absolute atomic E-state index is 12.6. The molecule has 0 aromatic heterocycles. The van der Waals surface area contributed by atoms with E-state index in [0.717, 1.165) is 18.6 Å². The molecule has 0 spiro atoms. The van der Waals surface area contributed by atoms with Crippen molar-refractivity contribution in [1.82, 2.24) is 4.90 Å². The number of nitrogens with zero attached hydrogens (tertiary/aromatic N) is 1. The molecule has 146 valence electrons. The van der Waals surface area contributed by atoms with Gasteiger partial charge in [0.15, 0.2) is 0 Å². The Hall–Kier alpha value is -0.990. The molecule has 3 aliphatic rings. The van der Waals surface area contributed by atoms with Crippen LogP contribution in [0, 0.1) is 30.6 Å². The standard InChI is InChI=1S/C19H24NO4S3/c1-4-9-26-18(25)27-19(2,3)17(23)24-8-7-20-15(21)13-11-5-6-12(10-11)14(13)16(20)22/h5-6,11-14H,1,4,7-10H2,2-3H3/q+1/t11?,12?,13-,14+. The summed E-state index contributed by atoms with van der Waals surface area (Å²) in [4.78, 5) is 38.9.